The number of rotatable bonds is 5. The third-order valence-corrected chi connectivity index (χ3v) is 8.99. The second kappa shape index (κ2) is 7.95. The molecule has 0 aliphatic carbocycles. The van der Waals surface area contributed by atoms with E-state index in [0.717, 1.165) is 34.1 Å². The summed E-state index contributed by atoms with van der Waals surface area (Å²) in [5.41, 5.74) is 2.99. The molecule has 0 spiro atoms. The highest BCUT2D eigenvalue weighted by Gasteiger charge is 2.54. The van der Waals surface area contributed by atoms with Crippen molar-refractivity contribution in [3.63, 3.8) is 0 Å². The van der Waals surface area contributed by atoms with Gasteiger partial charge in [0.05, 0.1) is 12.7 Å². The number of piperidine rings is 1. The number of methoxy groups -OCH3 is 1. The molecule has 4 heterocycles. The quantitative estimate of drug-likeness (QED) is 0.579. The van der Waals surface area contributed by atoms with Crippen LogP contribution in [0.3, 0.4) is 0 Å². The molecule has 8 heteroatoms. The maximum atomic E-state index is 10.8. The third-order valence-electron chi connectivity index (χ3n) is 7.94. The Hall–Kier alpha value is -2.71. The largest absolute Gasteiger partial charge is 0.507 e. The van der Waals surface area contributed by atoms with E-state index < -0.39 is 0 Å². The lowest BCUT2D eigenvalue weighted by Gasteiger charge is -2.51. The van der Waals surface area contributed by atoms with Crippen LogP contribution in [0.25, 0.3) is 21.7 Å². The van der Waals surface area contributed by atoms with Gasteiger partial charge < -0.3 is 14.7 Å². The van der Waals surface area contributed by atoms with Crippen molar-refractivity contribution in [2.45, 2.75) is 56.7 Å². The molecule has 2 fully saturated rings. The van der Waals surface area contributed by atoms with E-state index in [1.807, 2.05) is 24.3 Å². The van der Waals surface area contributed by atoms with E-state index >= 15 is 0 Å². The van der Waals surface area contributed by atoms with E-state index in [9.17, 15) is 5.11 Å². The van der Waals surface area contributed by atoms with Gasteiger partial charge in [0.15, 0.2) is 5.01 Å². The van der Waals surface area contributed by atoms with Crippen molar-refractivity contribution in [2.24, 2.45) is 0 Å². The summed E-state index contributed by atoms with van der Waals surface area (Å²) in [4.78, 5) is 9.03. The highest BCUT2D eigenvalue weighted by Crippen LogP contribution is 2.51. The first kappa shape index (κ1) is 22.1. The molecule has 1 aromatic carbocycles. The summed E-state index contributed by atoms with van der Waals surface area (Å²) < 4.78 is 5.21. The van der Waals surface area contributed by atoms with Gasteiger partial charge in [-0.3, -0.25) is 4.90 Å². The molecule has 0 amide bonds. The van der Waals surface area contributed by atoms with Gasteiger partial charge in [-0.25, -0.2) is 4.98 Å². The Labute approximate surface area is 199 Å². The van der Waals surface area contributed by atoms with Gasteiger partial charge in [-0.1, -0.05) is 17.4 Å². The van der Waals surface area contributed by atoms with Crippen molar-refractivity contribution in [1.82, 2.24) is 20.1 Å². The molecule has 174 valence electrons. The van der Waals surface area contributed by atoms with Gasteiger partial charge in [-0.2, -0.15) is 0 Å². The smallest absolute Gasteiger partial charge is 0.213 e. The molecule has 3 atom stereocenters. The second-order valence-electron chi connectivity index (χ2n) is 9.93. The number of fused-ring (bicyclic) bond motifs is 2. The van der Waals surface area contributed by atoms with E-state index in [0.29, 0.717) is 17.5 Å². The molecule has 3 aromatic rings. The first-order valence-corrected chi connectivity index (χ1v) is 12.2. The number of phenols is 1. The number of aromatic nitrogens is 3. The summed E-state index contributed by atoms with van der Waals surface area (Å²) in [5, 5.41) is 21.3. The number of aromatic hydroxyl groups is 1. The van der Waals surface area contributed by atoms with E-state index in [4.69, 9.17) is 4.74 Å². The van der Waals surface area contributed by atoms with Crippen LogP contribution < -0.4 is 9.64 Å². The molecule has 1 N–H and O–H groups in total. The Morgan fingerprint density at radius 1 is 1.09 bits per heavy atom. The van der Waals surface area contributed by atoms with Gasteiger partial charge in [0.25, 0.3) is 0 Å². The molecule has 1 unspecified atom stereocenters. The predicted molar refractivity (Wildman–Crippen MR) is 132 cm³/mol. The lowest BCUT2D eigenvalue weighted by molar-refractivity contribution is 0.0274. The Kier molecular flexibility index (Phi) is 5.33. The van der Waals surface area contributed by atoms with Crippen LogP contribution in [0, 0.1) is 0 Å². The average Bonchev–Trinajstić information content (AvgIpc) is 3.34. The maximum Gasteiger partial charge on any atom is 0.213 e. The fraction of sp³-hybridized carbons (Fsp3) is 0.480. The van der Waals surface area contributed by atoms with Crippen molar-refractivity contribution in [3.05, 3.63) is 36.5 Å². The number of hydrogen-bond acceptors (Lipinski definition) is 8. The van der Waals surface area contributed by atoms with Gasteiger partial charge >= 0.3 is 0 Å². The van der Waals surface area contributed by atoms with Gasteiger partial charge in [0, 0.05) is 36.4 Å². The van der Waals surface area contributed by atoms with Gasteiger partial charge in [-0.05, 0) is 75.9 Å². The topological polar surface area (TPSA) is 74.6 Å². The normalized spacial score (nSPS) is 27.0. The van der Waals surface area contributed by atoms with Gasteiger partial charge in [0.1, 0.15) is 5.75 Å². The lowest BCUT2D eigenvalue weighted by Crippen LogP contribution is -2.59. The standard InChI is InChI=1S/C25H31N5O2S/c1-24-9-10-25(2,30(24)4)15-18(14-24)29(3)23-28-27-22(33-23)19-7-6-16(12-20(19)31)17-8-11-26-21(13-17)32-5/h6-8,11-13,18,31H,9-10,14-15H2,1-5H3/t18?,24-,25+. The molecule has 2 aliphatic rings. The summed E-state index contributed by atoms with van der Waals surface area (Å²) in [6, 6.07) is 9.81. The highest BCUT2D eigenvalue weighted by atomic mass is 32.1. The van der Waals surface area contributed by atoms with E-state index in [2.05, 4.69) is 52.9 Å². The Morgan fingerprint density at radius 3 is 2.45 bits per heavy atom. The van der Waals surface area contributed by atoms with Crippen LogP contribution >= 0.6 is 11.3 Å². The van der Waals surface area contributed by atoms with Crippen molar-refractivity contribution in [3.8, 4) is 33.3 Å². The molecule has 0 saturated carbocycles. The summed E-state index contributed by atoms with van der Waals surface area (Å²) in [5.74, 6) is 0.726. The van der Waals surface area contributed by atoms with Crippen LogP contribution in [0.4, 0.5) is 5.13 Å². The Morgan fingerprint density at radius 2 is 1.79 bits per heavy atom. The van der Waals surface area contributed by atoms with Crippen LogP contribution in [0.15, 0.2) is 36.5 Å². The summed E-state index contributed by atoms with van der Waals surface area (Å²) >= 11 is 1.53. The van der Waals surface area contributed by atoms with Crippen LogP contribution in [0.1, 0.15) is 39.5 Å². The van der Waals surface area contributed by atoms with E-state index in [1.165, 1.54) is 24.2 Å². The molecule has 0 radical (unpaired) electrons. The average molecular weight is 466 g/mol. The minimum atomic E-state index is 0.186. The second-order valence-corrected chi connectivity index (χ2v) is 10.9. The first-order chi connectivity index (χ1) is 15.7. The minimum absolute atomic E-state index is 0.186. The maximum absolute atomic E-state index is 10.8. The van der Waals surface area contributed by atoms with Crippen molar-refractivity contribution >= 4 is 16.5 Å². The molecule has 5 rings (SSSR count). The SMILES string of the molecule is COc1cc(-c2ccc(-c3nnc(N(C)C4C[C@]5(C)CC[C@](C)(C4)N5C)s3)c(O)c2)ccn1. The van der Waals surface area contributed by atoms with Gasteiger partial charge in [-0.15, -0.1) is 10.2 Å². The number of nitrogens with zero attached hydrogens (tertiary/aromatic N) is 5. The number of phenolic OH excluding ortho intramolecular Hbond substituents is 1. The number of ether oxygens (including phenoxy) is 1. The van der Waals surface area contributed by atoms with Crippen LogP contribution in [0.5, 0.6) is 11.6 Å². The van der Waals surface area contributed by atoms with Crippen molar-refractivity contribution in [1.29, 1.82) is 0 Å². The van der Waals surface area contributed by atoms with Crippen molar-refractivity contribution < 1.29 is 9.84 Å². The fourth-order valence-corrected chi connectivity index (χ4v) is 6.49. The monoisotopic (exact) mass is 465 g/mol. The molecule has 2 saturated heterocycles. The number of pyridine rings is 1. The van der Waals surface area contributed by atoms with Crippen LogP contribution in [0.2, 0.25) is 0 Å². The number of hydrogen-bond donors (Lipinski definition) is 1. The fourth-order valence-electron chi connectivity index (χ4n) is 5.58. The highest BCUT2D eigenvalue weighted by molar-refractivity contribution is 7.18. The molecular weight excluding hydrogens is 434 g/mol. The number of anilines is 1. The zero-order valence-corrected chi connectivity index (χ0v) is 20.7. The zero-order chi connectivity index (χ0) is 23.4. The molecule has 2 bridgehead atoms. The molecule has 2 aromatic heterocycles. The molecule has 7 nitrogen and oxygen atoms in total. The summed E-state index contributed by atoms with van der Waals surface area (Å²) in [6.07, 6.45) is 6.44. The summed E-state index contributed by atoms with van der Waals surface area (Å²) in [7, 11) is 6.00. The molecule has 2 aliphatic heterocycles. The van der Waals surface area contributed by atoms with E-state index in [1.54, 1.807) is 19.4 Å². The van der Waals surface area contributed by atoms with E-state index in [-0.39, 0.29) is 16.8 Å². The number of benzene rings is 1. The predicted octanol–water partition coefficient (Wildman–Crippen LogP) is 4.82. The van der Waals surface area contributed by atoms with Crippen LogP contribution in [-0.2, 0) is 0 Å². The van der Waals surface area contributed by atoms with Crippen LogP contribution in [-0.4, -0.2) is 63.5 Å². The minimum Gasteiger partial charge on any atom is -0.507 e. The first-order valence-electron chi connectivity index (χ1n) is 11.4. The van der Waals surface area contributed by atoms with Crippen molar-refractivity contribution in [2.75, 3.05) is 26.1 Å². The third kappa shape index (κ3) is 3.75. The Balaban J connectivity index is 1.37. The molecule has 33 heavy (non-hydrogen) atoms. The Bertz CT molecular complexity index is 1160. The zero-order valence-electron chi connectivity index (χ0n) is 19.9. The molecular formula is C25H31N5O2S. The summed E-state index contributed by atoms with van der Waals surface area (Å²) in [6.45, 7) is 4.78. The van der Waals surface area contributed by atoms with Gasteiger partial charge in [0.2, 0.25) is 11.0 Å². The lowest BCUT2D eigenvalue weighted by atomic mass is 9.82.